The zero-order chi connectivity index (χ0) is 19.9. The molecule has 0 aromatic heterocycles. The van der Waals surface area contributed by atoms with E-state index in [1.54, 1.807) is 13.2 Å². The maximum absolute atomic E-state index is 12.7. The Morgan fingerprint density at radius 3 is 2.36 bits per heavy atom. The topological polar surface area (TPSA) is 53.0 Å². The molecule has 150 valence electrons. The fourth-order valence-electron chi connectivity index (χ4n) is 3.81. The highest BCUT2D eigenvalue weighted by Crippen LogP contribution is 2.38. The number of anilines is 1. The van der Waals surface area contributed by atoms with E-state index in [0.717, 1.165) is 41.4 Å². The molecule has 0 saturated carbocycles. The lowest BCUT2D eigenvalue weighted by atomic mass is 10.0. The summed E-state index contributed by atoms with van der Waals surface area (Å²) in [5.74, 6) is 0.383. The number of hydrogen-bond donors (Lipinski definition) is 1. The van der Waals surface area contributed by atoms with Gasteiger partial charge in [-0.15, -0.1) is 0 Å². The number of para-hydroxylation sites is 1. The van der Waals surface area contributed by atoms with Crippen LogP contribution in [0.5, 0.6) is 5.75 Å². The molecule has 1 aliphatic heterocycles. The van der Waals surface area contributed by atoms with Crippen LogP contribution in [0.1, 0.15) is 67.5 Å². The van der Waals surface area contributed by atoms with E-state index in [9.17, 15) is 10.0 Å². The highest BCUT2D eigenvalue weighted by Gasteiger charge is 2.37. The lowest BCUT2D eigenvalue weighted by Gasteiger charge is -2.42. The Bertz CT molecular complexity index is 776. The van der Waals surface area contributed by atoms with Gasteiger partial charge in [-0.3, -0.25) is 10.0 Å². The highest BCUT2D eigenvalue weighted by molar-refractivity contribution is 6.01. The van der Waals surface area contributed by atoms with Crippen LogP contribution in [0.25, 0.3) is 0 Å². The Hall–Kier alpha value is -2.53. The standard InChI is InChI=1S/C23H30N2O3/c1-3-4-5-6-7-10-17-24-21-12-9-8-11-20(21)23(26)25(27)22(24)18-13-15-19(28-2)16-14-18/h8-9,11-16,22,27H,3-7,10,17H2,1-2H3. The van der Waals surface area contributed by atoms with E-state index in [4.69, 9.17) is 4.74 Å². The third-order valence-corrected chi connectivity index (χ3v) is 5.35. The van der Waals surface area contributed by atoms with Crippen molar-refractivity contribution in [3.63, 3.8) is 0 Å². The van der Waals surface area contributed by atoms with Gasteiger partial charge < -0.3 is 9.64 Å². The molecule has 0 radical (unpaired) electrons. The van der Waals surface area contributed by atoms with E-state index in [2.05, 4.69) is 11.8 Å². The third-order valence-electron chi connectivity index (χ3n) is 5.35. The average Bonchev–Trinajstić information content (AvgIpc) is 2.74. The van der Waals surface area contributed by atoms with Crippen LogP contribution in [0, 0.1) is 0 Å². The van der Waals surface area contributed by atoms with Crippen LogP contribution in [-0.2, 0) is 0 Å². The number of unbranched alkanes of at least 4 members (excludes halogenated alkanes) is 5. The zero-order valence-corrected chi connectivity index (χ0v) is 16.8. The minimum atomic E-state index is -0.538. The van der Waals surface area contributed by atoms with Crippen molar-refractivity contribution in [3.8, 4) is 5.75 Å². The third kappa shape index (κ3) is 4.30. The lowest BCUT2D eigenvalue weighted by molar-refractivity contribution is -0.0937. The lowest BCUT2D eigenvalue weighted by Crippen LogP contribution is -2.48. The molecule has 28 heavy (non-hydrogen) atoms. The van der Waals surface area contributed by atoms with E-state index in [1.165, 1.54) is 25.7 Å². The summed E-state index contributed by atoms with van der Waals surface area (Å²) in [6.45, 7) is 3.00. The fraction of sp³-hybridized carbons (Fsp3) is 0.435. The normalized spacial score (nSPS) is 16.2. The van der Waals surface area contributed by atoms with Crippen LogP contribution in [0.15, 0.2) is 48.5 Å². The molecule has 0 aliphatic carbocycles. The largest absolute Gasteiger partial charge is 0.497 e. The molecule has 0 fully saturated rings. The molecule has 1 N–H and O–H groups in total. The van der Waals surface area contributed by atoms with Gasteiger partial charge in [0.05, 0.1) is 18.4 Å². The second kappa shape index (κ2) is 9.60. The molecular formula is C23H30N2O3. The number of carbonyl (C=O) groups is 1. The second-order valence-corrected chi connectivity index (χ2v) is 7.27. The first kappa shape index (κ1) is 20.2. The Labute approximate surface area is 167 Å². The number of hydroxylamine groups is 2. The van der Waals surface area contributed by atoms with Gasteiger partial charge in [-0.2, -0.15) is 5.06 Å². The molecule has 0 saturated heterocycles. The minimum absolute atomic E-state index is 0.365. The number of methoxy groups -OCH3 is 1. The Morgan fingerprint density at radius 1 is 0.964 bits per heavy atom. The molecule has 2 aromatic carbocycles. The van der Waals surface area contributed by atoms with E-state index in [-0.39, 0.29) is 5.91 Å². The molecule has 1 heterocycles. The van der Waals surface area contributed by atoms with Crippen LogP contribution in [-0.4, -0.2) is 29.8 Å². The van der Waals surface area contributed by atoms with Gasteiger partial charge in [-0.1, -0.05) is 63.3 Å². The average molecular weight is 383 g/mol. The number of fused-ring (bicyclic) bond motifs is 1. The van der Waals surface area contributed by atoms with E-state index in [0.29, 0.717) is 5.56 Å². The van der Waals surface area contributed by atoms with E-state index < -0.39 is 6.17 Å². The predicted molar refractivity (Wildman–Crippen MR) is 111 cm³/mol. The summed E-state index contributed by atoms with van der Waals surface area (Å²) < 4.78 is 5.24. The van der Waals surface area contributed by atoms with Crippen LogP contribution in [0.2, 0.25) is 0 Å². The van der Waals surface area contributed by atoms with Crippen molar-refractivity contribution in [3.05, 3.63) is 59.7 Å². The van der Waals surface area contributed by atoms with Gasteiger partial charge in [0.25, 0.3) is 5.91 Å². The van der Waals surface area contributed by atoms with Crippen molar-refractivity contribution < 1.29 is 14.7 Å². The molecular weight excluding hydrogens is 352 g/mol. The quantitative estimate of drug-likeness (QED) is 0.466. The summed E-state index contributed by atoms with van der Waals surface area (Å²) in [6, 6.07) is 15.0. The van der Waals surface area contributed by atoms with Gasteiger partial charge >= 0.3 is 0 Å². The smallest absolute Gasteiger partial charge is 0.281 e. The van der Waals surface area contributed by atoms with Gasteiger partial charge in [-0.25, -0.2) is 0 Å². The molecule has 2 aromatic rings. The zero-order valence-electron chi connectivity index (χ0n) is 16.8. The maximum atomic E-state index is 12.7. The maximum Gasteiger partial charge on any atom is 0.281 e. The van der Waals surface area contributed by atoms with Crippen LogP contribution >= 0.6 is 0 Å². The van der Waals surface area contributed by atoms with Crippen molar-refractivity contribution in [2.24, 2.45) is 0 Å². The molecule has 0 bridgehead atoms. The van der Waals surface area contributed by atoms with Crippen molar-refractivity contribution in [2.75, 3.05) is 18.6 Å². The number of benzene rings is 2. The molecule has 5 heteroatoms. The monoisotopic (exact) mass is 382 g/mol. The number of carbonyl (C=O) groups excluding carboxylic acids is 1. The second-order valence-electron chi connectivity index (χ2n) is 7.27. The van der Waals surface area contributed by atoms with Gasteiger partial charge in [0.1, 0.15) is 5.75 Å². The Morgan fingerprint density at radius 2 is 1.64 bits per heavy atom. The summed E-state index contributed by atoms with van der Waals surface area (Å²) in [5, 5.41) is 11.6. The summed E-state index contributed by atoms with van der Waals surface area (Å²) >= 11 is 0. The SMILES string of the molecule is CCCCCCCCN1c2ccccc2C(=O)N(O)C1c1ccc(OC)cc1. The summed E-state index contributed by atoms with van der Waals surface area (Å²) in [5.41, 5.74) is 2.28. The number of rotatable bonds is 9. The summed E-state index contributed by atoms with van der Waals surface area (Å²) in [4.78, 5) is 14.9. The number of ether oxygens (including phenoxy) is 1. The number of amides is 1. The highest BCUT2D eigenvalue weighted by atomic mass is 16.5. The van der Waals surface area contributed by atoms with Crippen LogP contribution in [0.3, 0.4) is 0 Å². The van der Waals surface area contributed by atoms with Crippen LogP contribution < -0.4 is 9.64 Å². The van der Waals surface area contributed by atoms with Gasteiger partial charge in [0.15, 0.2) is 6.17 Å². The molecule has 3 rings (SSSR count). The van der Waals surface area contributed by atoms with Crippen LogP contribution in [0.4, 0.5) is 5.69 Å². The Balaban J connectivity index is 1.85. The van der Waals surface area contributed by atoms with Gasteiger partial charge in [-0.05, 0) is 36.2 Å². The van der Waals surface area contributed by atoms with Crippen molar-refractivity contribution in [2.45, 2.75) is 51.6 Å². The van der Waals surface area contributed by atoms with E-state index >= 15 is 0 Å². The van der Waals surface area contributed by atoms with Gasteiger partial charge in [0, 0.05) is 6.54 Å². The predicted octanol–water partition coefficient (Wildman–Crippen LogP) is 5.41. The van der Waals surface area contributed by atoms with Crippen molar-refractivity contribution in [1.29, 1.82) is 0 Å². The molecule has 5 nitrogen and oxygen atoms in total. The first-order valence-corrected chi connectivity index (χ1v) is 10.2. The minimum Gasteiger partial charge on any atom is -0.497 e. The van der Waals surface area contributed by atoms with Crippen molar-refractivity contribution in [1.82, 2.24) is 5.06 Å². The van der Waals surface area contributed by atoms with E-state index in [1.807, 2.05) is 42.5 Å². The first-order valence-electron chi connectivity index (χ1n) is 10.2. The summed E-state index contributed by atoms with van der Waals surface area (Å²) in [7, 11) is 1.62. The fourth-order valence-corrected chi connectivity index (χ4v) is 3.81. The molecule has 1 unspecified atom stereocenters. The summed E-state index contributed by atoms with van der Waals surface area (Å²) in [6.07, 6.45) is 6.63. The Kier molecular flexibility index (Phi) is 6.93. The van der Waals surface area contributed by atoms with Crippen molar-refractivity contribution >= 4 is 11.6 Å². The number of nitrogens with zero attached hydrogens (tertiary/aromatic N) is 2. The molecule has 0 spiro atoms. The first-order chi connectivity index (χ1) is 13.7. The number of hydrogen-bond acceptors (Lipinski definition) is 4. The van der Waals surface area contributed by atoms with Gasteiger partial charge in [0.2, 0.25) is 0 Å². The molecule has 1 amide bonds. The molecule has 1 atom stereocenters. The molecule has 1 aliphatic rings.